The molecular weight excluding hydrogens is 373 g/mol. The number of allylic oxidation sites excluding steroid dienone is 1. The highest BCUT2D eigenvalue weighted by Crippen LogP contribution is 2.37. The Morgan fingerprint density at radius 3 is 2.24 bits per heavy atom. The van der Waals surface area contributed by atoms with E-state index in [1.165, 1.54) is 0 Å². The Hall–Kier alpha value is -1.63. The largest absolute Gasteiger partial charge is 0.450 e. The van der Waals surface area contributed by atoms with Crippen LogP contribution in [0.1, 0.15) is 59.3 Å². The molecule has 3 aliphatic heterocycles. The van der Waals surface area contributed by atoms with Crippen molar-refractivity contribution in [2.45, 2.75) is 71.4 Å². The monoisotopic (exact) mass is 409 g/mol. The lowest BCUT2D eigenvalue weighted by atomic mass is 9.97. The Balaban J connectivity index is 1.55. The van der Waals surface area contributed by atoms with E-state index in [-0.39, 0.29) is 24.0 Å². The van der Waals surface area contributed by atoms with E-state index in [0.29, 0.717) is 19.1 Å². The molecule has 3 rings (SSSR count). The van der Waals surface area contributed by atoms with Gasteiger partial charge in [-0.25, -0.2) is 4.79 Å². The van der Waals surface area contributed by atoms with Gasteiger partial charge in [0, 0.05) is 50.4 Å². The van der Waals surface area contributed by atoms with Gasteiger partial charge in [-0.15, -0.1) is 0 Å². The van der Waals surface area contributed by atoms with E-state index in [1.807, 2.05) is 18.7 Å². The Morgan fingerprint density at radius 2 is 1.69 bits per heavy atom. The SMILES string of the molecule is CCOC(=O)N1CCC(N2CCC(N3C(=O)C(C)C(CC)=C3CCF)CC2)CC1. The smallest absolute Gasteiger partial charge is 0.409 e. The first-order valence-electron chi connectivity index (χ1n) is 11.3. The highest BCUT2D eigenvalue weighted by Gasteiger charge is 2.41. The van der Waals surface area contributed by atoms with Crippen molar-refractivity contribution in [2.75, 3.05) is 39.5 Å². The standard InChI is InChI=1S/C22H36FN3O3/c1-4-19-16(3)21(27)26(20(19)6-11-23)18-9-12-24(13-10-18)17-7-14-25(15-8-17)22(28)29-5-2/h16-18H,4-15H2,1-3H3. The number of halogens is 1. The average Bonchev–Trinajstić information content (AvgIpc) is 2.98. The third kappa shape index (κ3) is 4.60. The van der Waals surface area contributed by atoms with Crippen LogP contribution >= 0.6 is 0 Å². The van der Waals surface area contributed by atoms with Gasteiger partial charge >= 0.3 is 6.09 Å². The minimum absolute atomic E-state index is 0.105. The molecule has 0 aliphatic carbocycles. The lowest BCUT2D eigenvalue weighted by Crippen LogP contribution is -2.52. The first kappa shape index (κ1) is 22.1. The third-order valence-electron chi connectivity index (χ3n) is 6.88. The summed E-state index contributed by atoms with van der Waals surface area (Å²) in [6, 6.07) is 0.674. The van der Waals surface area contributed by atoms with Crippen LogP contribution in [0.3, 0.4) is 0 Å². The number of ether oxygens (including phenoxy) is 1. The number of hydrogen-bond acceptors (Lipinski definition) is 4. The highest BCUT2D eigenvalue weighted by molar-refractivity contribution is 5.87. The molecule has 3 heterocycles. The van der Waals surface area contributed by atoms with Crippen LogP contribution in [-0.2, 0) is 9.53 Å². The zero-order valence-electron chi connectivity index (χ0n) is 18.2. The number of carbonyl (C=O) groups excluding carboxylic acids is 2. The molecule has 0 N–H and O–H groups in total. The van der Waals surface area contributed by atoms with Gasteiger partial charge in [-0.3, -0.25) is 9.18 Å². The minimum Gasteiger partial charge on any atom is -0.450 e. The van der Waals surface area contributed by atoms with Crippen molar-refractivity contribution < 1.29 is 18.7 Å². The second kappa shape index (κ2) is 9.92. The Bertz CT molecular complexity index is 623. The maximum Gasteiger partial charge on any atom is 0.409 e. The van der Waals surface area contributed by atoms with Crippen LogP contribution in [0.4, 0.5) is 9.18 Å². The molecule has 1 atom stereocenters. The quantitative estimate of drug-likeness (QED) is 0.673. The number of likely N-dealkylation sites (tertiary alicyclic amines) is 2. The first-order valence-corrected chi connectivity index (χ1v) is 11.3. The topological polar surface area (TPSA) is 53.1 Å². The van der Waals surface area contributed by atoms with Gasteiger partial charge in [0.15, 0.2) is 0 Å². The van der Waals surface area contributed by atoms with Crippen LogP contribution in [0.25, 0.3) is 0 Å². The molecule has 0 radical (unpaired) electrons. The molecule has 6 nitrogen and oxygen atoms in total. The fraction of sp³-hybridized carbons (Fsp3) is 0.818. The highest BCUT2D eigenvalue weighted by atomic mass is 19.1. The average molecular weight is 410 g/mol. The molecule has 0 aromatic heterocycles. The van der Waals surface area contributed by atoms with Crippen LogP contribution in [0.2, 0.25) is 0 Å². The Kier molecular flexibility index (Phi) is 7.55. The molecule has 2 amide bonds. The minimum atomic E-state index is -0.410. The van der Waals surface area contributed by atoms with Gasteiger partial charge in [0.25, 0.3) is 0 Å². The molecule has 2 fully saturated rings. The lowest BCUT2D eigenvalue weighted by Gasteiger charge is -2.43. The van der Waals surface area contributed by atoms with Crippen LogP contribution in [0.5, 0.6) is 0 Å². The number of carbonyl (C=O) groups is 2. The van der Waals surface area contributed by atoms with E-state index >= 15 is 0 Å². The summed E-state index contributed by atoms with van der Waals surface area (Å²) in [5, 5.41) is 0. The van der Waals surface area contributed by atoms with Gasteiger partial charge in [0.2, 0.25) is 5.91 Å². The zero-order valence-corrected chi connectivity index (χ0v) is 18.2. The van der Waals surface area contributed by atoms with Gasteiger partial charge in [0.1, 0.15) is 0 Å². The van der Waals surface area contributed by atoms with Gasteiger partial charge in [-0.2, -0.15) is 0 Å². The molecule has 0 bridgehead atoms. The summed E-state index contributed by atoms with van der Waals surface area (Å²) in [5.41, 5.74) is 2.08. The van der Waals surface area contributed by atoms with Crippen LogP contribution in [0.15, 0.2) is 11.3 Å². The number of alkyl halides is 1. The summed E-state index contributed by atoms with van der Waals surface area (Å²) < 4.78 is 18.3. The lowest BCUT2D eigenvalue weighted by molar-refractivity contribution is -0.133. The van der Waals surface area contributed by atoms with Crippen LogP contribution < -0.4 is 0 Å². The summed E-state index contributed by atoms with van der Waals surface area (Å²) in [7, 11) is 0. The molecule has 3 aliphatic rings. The zero-order chi connectivity index (χ0) is 21.0. The van der Waals surface area contributed by atoms with Crippen molar-refractivity contribution in [3.63, 3.8) is 0 Å². The summed E-state index contributed by atoms with van der Waals surface area (Å²) in [6.45, 7) is 9.26. The number of piperidine rings is 2. The van der Waals surface area contributed by atoms with E-state index in [9.17, 15) is 14.0 Å². The molecule has 0 aromatic rings. The molecule has 0 spiro atoms. The fourth-order valence-electron chi connectivity index (χ4n) is 5.31. The molecule has 2 saturated heterocycles. The maximum atomic E-state index is 13.2. The Labute approximate surface area is 174 Å². The van der Waals surface area contributed by atoms with Crippen molar-refractivity contribution in [3.8, 4) is 0 Å². The molecule has 29 heavy (non-hydrogen) atoms. The number of hydrogen-bond donors (Lipinski definition) is 0. The van der Waals surface area contributed by atoms with E-state index in [0.717, 1.165) is 69.6 Å². The molecule has 0 saturated carbocycles. The molecule has 0 aromatic carbocycles. The fourth-order valence-corrected chi connectivity index (χ4v) is 5.31. The van der Waals surface area contributed by atoms with Gasteiger partial charge < -0.3 is 19.4 Å². The predicted octanol–water partition coefficient (Wildman–Crippen LogP) is 3.57. The second-order valence-corrected chi connectivity index (χ2v) is 8.38. The van der Waals surface area contributed by atoms with E-state index in [2.05, 4.69) is 11.8 Å². The van der Waals surface area contributed by atoms with Gasteiger partial charge in [-0.05, 0) is 51.5 Å². The van der Waals surface area contributed by atoms with Crippen LogP contribution in [0, 0.1) is 5.92 Å². The summed E-state index contributed by atoms with van der Waals surface area (Å²) in [4.78, 5) is 31.0. The maximum absolute atomic E-state index is 13.2. The first-order chi connectivity index (χ1) is 14.0. The summed E-state index contributed by atoms with van der Waals surface area (Å²) in [5.74, 6) is 0.0540. The predicted molar refractivity (Wildman–Crippen MR) is 110 cm³/mol. The van der Waals surface area contributed by atoms with E-state index in [1.54, 1.807) is 4.90 Å². The summed E-state index contributed by atoms with van der Waals surface area (Å²) in [6.07, 6.45) is 4.77. The Morgan fingerprint density at radius 1 is 1.07 bits per heavy atom. The van der Waals surface area contributed by atoms with Gasteiger partial charge in [-0.1, -0.05) is 6.92 Å². The van der Waals surface area contributed by atoms with Crippen molar-refractivity contribution in [1.29, 1.82) is 0 Å². The van der Waals surface area contributed by atoms with E-state index in [4.69, 9.17) is 4.74 Å². The van der Waals surface area contributed by atoms with Gasteiger partial charge in [0.05, 0.1) is 19.2 Å². The third-order valence-corrected chi connectivity index (χ3v) is 6.88. The summed E-state index contributed by atoms with van der Waals surface area (Å²) >= 11 is 0. The normalized spacial score (nSPS) is 25.2. The number of nitrogens with zero attached hydrogens (tertiary/aromatic N) is 3. The number of amides is 2. The van der Waals surface area contributed by atoms with Crippen LogP contribution in [-0.4, -0.2) is 78.2 Å². The molecular formula is C22H36FN3O3. The molecule has 164 valence electrons. The van der Waals surface area contributed by atoms with E-state index < -0.39 is 6.67 Å². The van der Waals surface area contributed by atoms with Crippen molar-refractivity contribution >= 4 is 12.0 Å². The molecule has 7 heteroatoms. The number of rotatable bonds is 6. The molecule has 1 unspecified atom stereocenters. The second-order valence-electron chi connectivity index (χ2n) is 8.38. The van der Waals surface area contributed by atoms with Crippen molar-refractivity contribution in [3.05, 3.63) is 11.3 Å². The van der Waals surface area contributed by atoms with Crippen molar-refractivity contribution in [1.82, 2.24) is 14.7 Å². The van der Waals surface area contributed by atoms with Crippen molar-refractivity contribution in [2.24, 2.45) is 5.92 Å².